The zero-order valence-corrected chi connectivity index (χ0v) is 12.3. The summed E-state index contributed by atoms with van der Waals surface area (Å²) in [5, 5.41) is 15.7. The number of carboxylic acid groups (broad SMARTS) is 1. The van der Waals surface area contributed by atoms with Gasteiger partial charge in [0.15, 0.2) is 0 Å². The van der Waals surface area contributed by atoms with E-state index in [1.165, 1.54) is 0 Å². The third kappa shape index (κ3) is 4.77. The lowest BCUT2D eigenvalue weighted by molar-refractivity contribution is -0.137. The molecule has 1 atom stereocenters. The predicted molar refractivity (Wildman–Crippen MR) is 76.9 cm³/mol. The molecule has 0 bridgehead atoms. The molecule has 0 aliphatic carbocycles. The zero-order valence-electron chi connectivity index (χ0n) is 12.3. The van der Waals surface area contributed by atoms with Crippen LogP contribution in [0.5, 0.6) is 0 Å². The molecule has 2 amide bonds. The topological polar surface area (TPSA) is 87.5 Å². The van der Waals surface area contributed by atoms with E-state index in [1.54, 1.807) is 15.8 Å². The van der Waals surface area contributed by atoms with Crippen molar-refractivity contribution in [3.8, 4) is 0 Å². The Morgan fingerprint density at radius 3 is 3.00 bits per heavy atom. The number of nitrogens with zero attached hydrogens (tertiary/aromatic N) is 3. The second kappa shape index (κ2) is 7.10. The highest BCUT2D eigenvalue weighted by molar-refractivity contribution is 5.74. The number of hydrogen-bond donors (Lipinski definition) is 2. The number of carbonyl (C=O) groups excluding carboxylic acids is 1. The largest absolute Gasteiger partial charge is 0.481 e. The number of nitrogens with one attached hydrogen (secondary N) is 1. The van der Waals surface area contributed by atoms with Crippen molar-refractivity contribution in [1.82, 2.24) is 20.0 Å². The van der Waals surface area contributed by atoms with Crippen LogP contribution in [0.2, 0.25) is 0 Å². The van der Waals surface area contributed by atoms with E-state index in [2.05, 4.69) is 10.4 Å². The Labute approximate surface area is 123 Å². The smallest absolute Gasteiger partial charge is 0.317 e. The van der Waals surface area contributed by atoms with E-state index >= 15 is 0 Å². The van der Waals surface area contributed by atoms with Gasteiger partial charge in [-0.05, 0) is 30.7 Å². The minimum atomic E-state index is -0.769. The first kappa shape index (κ1) is 15.3. The number of carboxylic acids is 1. The number of aromatic nitrogens is 2. The van der Waals surface area contributed by atoms with E-state index in [9.17, 15) is 9.59 Å². The first-order valence-corrected chi connectivity index (χ1v) is 7.26. The molecule has 21 heavy (non-hydrogen) atoms. The second-order valence-corrected chi connectivity index (χ2v) is 5.54. The second-order valence-electron chi connectivity index (χ2n) is 5.54. The van der Waals surface area contributed by atoms with Gasteiger partial charge in [0.2, 0.25) is 0 Å². The predicted octanol–water partition coefficient (Wildman–Crippen LogP) is 0.859. The fourth-order valence-electron chi connectivity index (χ4n) is 2.61. The Morgan fingerprint density at radius 2 is 2.33 bits per heavy atom. The van der Waals surface area contributed by atoms with E-state index in [-0.39, 0.29) is 12.5 Å². The van der Waals surface area contributed by atoms with Gasteiger partial charge in [-0.3, -0.25) is 9.48 Å². The summed E-state index contributed by atoms with van der Waals surface area (Å²) in [6.07, 6.45) is 6.21. The zero-order chi connectivity index (χ0) is 15.2. The summed E-state index contributed by atoms with van der Waals surface area (Å²) in [5.41, 5.74) is 1.10. The number of aliphatic carboxylic acids is 1. The van der Waals surface area contributed by atoms with Crippen LogP contribution in [-0.2, 0) is 18.3 Å². The van der Waals surface area contributed by atoms with Gasteiger partial charge >= 0.3 is 12.0 Å². The molecule has 0 spiro atoms. The molecule has 1 aromatic heterocycles. The third-order valence-corrected chi connectivity index (χ3v) is 3.79. The summed E-state index contributed by atoms with van der Waals surface area (Å²) in [7, 11) is 1.86. The maximum absolute atomic E-state index is 12.0. The van der Waals surface area contributed by atoms with E-state index in [0.29, 0.717) is 32.0 Å². The Hall–Kier alpha value is -2.05. The highest BCUT2D eigenvalue weighted by Crippen LogP contribution is 2.20. The van der Waals surface area contributed by atoms with Crippen molar-refractivity contribution in [3.05, 3.63) is 18.0 Å². The molecule has 1 aliphatic rings. The maximum atomic E-state index is 12.0. The summed E-state index contributed by atoms with van der Waals surface area (Å²) in [6.45, 7) is 1.95. The van der Waals surface area contributed by atoms with Crippen molar-refractivity contribution < 1.29 is 14.7 Å². The van der Waals surface area contributed by atoms with Gasteiger partial charge in [0.05, 0.1) is 6.20 Å². The number of hydrogen-bond acceptors (Lipinski definition) is 3. The summed E-state index contributed by atoms with van der Waals surface area (Å²) in [6, 6.07) is -0.0586. The van der Waals surface area contributed by atoms with Crippen LogP contribution in [0.3, 0.4) is 0 Å². The standard InChI is InChI=1S/C14H22N4O3/c1-17-9-12(8-16-17)4-6-15-14(21)18-7-5-11(10-18)2-3-13(19)20/h8-9,11H,2-7,10H2,1H3,(H,15,21)(H,19,20). The van der Waals surface area contributed by atoms with Crippen LogP contribution in [0.25, 0.3) is 0 Å². The van der Waals surface area contributed by atoms with Crippen LogP contribution in [0, 0.1) is 5.92 Å². The summed E-state index contributed by atoms with van der Waals surface area (Å²) in [4.78, 5) is 24.3. The number of urea groups is 1. The number of carbonyl (C=O) groups is 2. The molecule has 2 N–H and O–H groups in total. The number of likely N-dealkylation sites (tertiary alicyclic amines) is 1. The molecule has 2 heterocycles. The van der Waals surface area contributed by atoms with Crippen LogP contribution >= 0.6 is 0 Å². The molecule has 1 fully saturated rings. The van der Waals surface area contributed by atoms with Gasteiger partial charge in [-0.1, -0.05) is 0 Å². The van der Waals surface area contributed by atoms with Crippen molar-refractivity contribution in [2.45, 2.75) is 25.7 Å². The minimum absolute atomic E-state index is 0.0586. The van der Waals surface area contributed by atoms with Gasteiger partial charge in [0.25, 0.3) is 0 Å². The molecule has 1 saturated heterocycles. The molecule has 116 valence electrons. The molecule has 0 saturated carbocycles. The van der Waals surface area contributed by atoms with Crippen LogP contribution in [0.4, 0.5) is 4.79 Å². The summed E-state index contributed by atoms with van der Waals surface area (Å²) >= 11 is 0. The normalized spacial score (nSPS) is 18.0. The Kier molecular flexibility index (Phi) is 5.19. The molecule has 7 nitrogen and oxygen atoms in total. The van der Waals surface area contributed by atoms with Gasteiger partial charge < -0.3 is 15.3 Å². The Morgan fingerprint density at radius 1 is 1.52 bits per heavy atom. The molecule has 1 aliphatic heterocycles. The van der Waals surface area contributed by atoms with E-state index in [1.807, 2.05) is 13.2 Å². The quantitative estimate of drug-likeness (QED) is 0.814. The van der Waals surface area contributed by atoms with E-state index in [0.717, 1.165) is 18.4 Å². The van der Waals surface area contributed by atoms with Crippen molar-refractivity contribution >= 4 is 12.0 Å². The lowest BCUT2D eigenvalue weighted by Gasteiger charge is -2.17. The fourth-order valence-corrected chi connectivity index (χ4v) is 2.61. The van der Waals surface area contributed by atoms with Gasteiger partial charge in [-0.2, -0.15) is 5.10 Å². The molecule has 0 radical (unpaired) electrons. The van der Waals surface area contributed by atoms with Gasteiger partial charge in [0.1, 0.15) is 0 Å². The molecule has 2 rings (SSSR count). The van der Waals surface area contributed by atoms with Crippen LogP contribution < -0.4 is 5.32 Å². The van der Waals surface area contributed by atoms with Gasteiger partial charge in [-0.25, -0.2) is 4.79 Å². The van der Waals surface area contributed by atoms with Crippen molar-refractivity contribution in [3.63, 3.8) is 0 Å². The van der Waals surface area contributed by atoms with Crippen molar-refractivity contribution in [2.75, 3.05) is 19.6 Å². The average Bonchev–Trinajstić information content (AvgIpc) is 3.05. The monoisotopic (exact) mass is 294 g/mol. The Bertz CT molecular complexity index is 500. The highest BCUT2D eigenvalue weighted by Gasteiger charge is 2.26. The number of rotatable bonds is 6. The average molecular weight is 294 g/mol. The molecule has 1 unspecified atom stereocenters. The molecule has 0 aromatic carbocycles. The van der Waals surface area contributed by atoms with Crippen molar-refractivity contribution in [1.29, 1.82) is 0 Å². The maximum Gasteiger partial charge on any atom is 0.317 e. The van der Waals surface area contributed by atoms with Gasteiger partial charge in [0, 0.05) is 39.3 Å². The first-order chi connectivity index (χ1) is 10.0. The highest BCUT2D eigenvalue weighted by atomic mass is 16.4. The van der Waals surface area contributed by atoms with Crippen LogP contribution in [0.1, 0.15) is 24.8 Å². The van der Waals surface area contributed by atoms with E-state index in [4.69, 9.17) is 5.11 Å². The molecular weight excluding hydrogens is 272 g/mol. The molecule has 7 heteroatoms. The SMILES string of the molecule is Cn1cc(CCNC(=O)N2CCC(CCC(=O)O)C2)cn1. The number of aryl methyl sites for hydroxylation is 1. The summed E-state index contributed by atoms with van der Waals surface area (Å²) < 4.78 is 1.74. The lowest BCUT2D eigenvalue weighted by Crippen LogP contribution is -2.39. The van der Waals surface area contributed by atoms with E-state index < -0.39 is 5.97 Å². The number of amides is 2. The van der Waals surface area contributed by atoms with Crippen LogP contribution in [-0.4, -0.2) is 51.4 Å². The molecule has 1 aromatic rings. The lowest BCUT2D eigenvalue weighted by atomic mass is 10.0. The summed E-state index contributed by atoms with van der Waals surface area (Å²) in [5.74, 6) is -0.459. The minimum Gasteiger partial charge on any atom is -0.481 e. The fraction of sp³-hybridized carbons (Fsp3) is 0.643. The first-order valence-electron chi connectivity index (χ1n) is 7.26. The van der Waals surface area contributed by atoms with Crippen LogP contribution in [0.15, 0.2) is 12.4 Å². The van der Waals surface area contributed by atoms with Crippen molar-refractivity contribution in [2.24, 2.45) is 13.0 Å². The molecular formula is C14H22N4O3. The Balaban J connectivity index is 1.66. The van der Waals surface area contributed by atoms with Gasteiger partial charge in [-0.15, -0.1) is 0 Å². The third-order valence-electron chi connectivity index (χ3n) is 3.79.